The van der Waals surface area contributed by atoms with E-state index in [0.29, 0.717) is 6.04 Å². The summed E-state index contributed by atoms with van der Waals surface area (Å²) < 4.78 is 2.30. The van der Waals surface area contributed by atoms with E-state index < -0.39 is 0 Å². The van der Waals surface area contributed by atoms with E-state index in [4.69, 9.17) is 0 Å². The van der Waals surface area contributed by atoms with Gasteiger partial charge in [-0.2, -0.15) is 0 Å². The SMILES string of the molecule is CNC1CCCCc2cn(Cc3cccnc3)cc21. The van der Waals surface area contributed by atoms with Crippen LogP contribution in [0.4, 0.5) is 0 Å². The second-order valence-electron chi connectivity index (χ2n) is 5.36. The Morgan fingerprint density at radius 2 is 2.32 bits per heavy atom. The van der Waals surface area contributed by atoms with Crippen LogP contribution in [0.3, 0.4) is 0 Å². The Kier molecular flexibility index (Phi) is 3.65. The molecule has 0 bridgehead atoms. The molecule has 3 nitrogen and oxygen atoms in total. The molecule has 0 saturated carbocycles. The minimum absolute atomic E-state index is 0.521. The summed E-state index contributed by atoms with van der Waals surface area (Å²) in [6.45, 7) is 0.914. The van der Waals surface area contributed by atoms with Gasteiger partial charge in [0, 0.05) is 37.4 Å². The highest BCUT2D eigenvalue weighted by molar-refractivity contribution is 5.30. The zero-order valence-electron chi connectivity index (χ0n) is 11.5. The molecule has 100 valence electrons. The molecule has 1 atom stereocenters. The molecule has 0 amide bonds. The molecule has 2 aromatic heterocycles. The van der Waals surface area contributed by atoms with E-state index in [9.17, 15) is 0 Å². The number of hydrogen-bond acceptors (Lipinski definition) is 2. The van der Waals surface area contributed by atoms with Crippen molar-refractivity contribution >= 4 is 0 Å². The molecule has 0 aliphatic heterocycles. The van der Waals surface area contributed by atoms with E-state index in [-0.39, 0.29) is 0 Å². The van der Waals surface area contributed by atoms with Crippen molar-refractivity contribution in [3.05, 3.63) is 53.6 Å². The number of hydrogen-bond donors (Lipinski definition) is 1. The standard InChI is InChI=1S/C16H21N3/c1-17-16-7-3-2-6-14-11-19(12-15(14)16)10-13-5-4-8-18-9-13/h4-5,8-9,11-12,16-17H,2-3,6-7,10H2,1H3. The van der Waals surface area contributed by atoms with E-state index in [0.717, 1.165) is 6.54 Å². The van der Waals surface area contributed by atoms with Crippen LogP contribution in [-0.2, 0) is 13.0 Å². The summed E-state index contributed by atoms with van der Waals surface area (Å²) in [5, 5.41) is 3.45. The van der Waals surface area contributed by atoms with Gasteiger partial charge in [0.2, 0.25) is 0 Å². The summed E-state index contributed by atoms with van der Waals surface area (Å²) in [5.41, 5.74) is 4.26. The lowest BCUT2D eigenvalue weighted by Crippen LogP contribution is -2.15. The van der Waals surface area contributed by atoms with Crippen LogP contribution in [0.15, 0.2) is 36.9 Å². The van der Waals surface area contributed by atoms with E-state index in [1.54, 1.807) is 0 Å². The van der Waals surface area contributed by atoms with E-state index in [2.05, 4.69) is 40.4 Å². The maximum absolute atomic E-state index is 4.18. The highest BCUT2D eigenvalue weighted by atomic mass is 15.0. The van der Waals surface area contributed by atoms with Crippen molar-refractivity contribution in [1.82, 2.24) is 14.9 Å². The van der Waals surface area contributed by atoms with Gasteiger partial charge in [-0.3, -0.25) is 4.98 Å². The fourth-order valence-corrected chi connectivity index (χ4v) is 3.01. The molecule has 1 unspecified atom stereocenters. The Morgan fingerprint density at radius 1 is 1.37 bits per heavy atom. The minimum atomic E-state index is 0.521. The summed E-state index contributed by atoms with van der Waals surface area (Å²) in [4.78, 5) is 4.18. The molecule has 1 aliphatic carbocycles. The van der Waals surface area contributed by atoms with Crippen LogP contribution in [0.1, 0.15) is 42.0 Å². The Labute approximate surface area is 114 Å². The number of nitrogens with one attached hydrogen (secondary N) is 1. The largest absolute Gasteiger partial charge is 0.349 e. The predicted molar refractivity (Wildman–Crippen MR) is 77.1 cm³/mol. The van der Waals surface area contributed by atoms with Gasteiger partial charge in [-0.1, -0.05) is 12.5 Å². The molecule has 0 spiro atoms. The summed E-state index contributed by atoms with van der Waals surface area (Å²) in [6.07, 6.45) is 13.5. The zero-order chi connectivity index (χ0) is 13.1. The average Bonchev–Trinajstić information content (AvgIpc) is 2.73. The summed E-state index contributed by atoms with van der Waals surface area (Å²) >= 11 is 0. The van der Waals surface area contributed by atoms with Crippen LogP contribution in [-0.4, -0.2) is 16.6 Å². The predicted octanol–water partition coefficient (Wildman–Crippen LogP) is 2.92. The third kappa shape index (κ3) is 2.71. The Morgan fingerprint density at radius 3 is 3.11 bits per heavy atom. The number of nitrogens with zero attached hydrogens (tertiary/aromatic N) is 2. The first-order chi connectivity index (χ1) is 9.36. The van der Waals surface area contributed by atoms with Crippen molar-refractivity contribution in [2.45, 2.75) is 38.3 Å². The third-order valence-corrected chi connectivity index (χ3v) is 4.00. The Hall–Kier alpha value is -1.61. The van der Waals surface area contributed by atoms with Crippen LogP contribution in [0.25, 0.3) is 0 Å². The molecule has 0 aromatic carbocycles. The number of aromatic nitrogens is 2. The first-order valence-corrected chi connectivity index (χ1v) is 7.11. The molecular formula is C16H21N3. The van der Waals surface area contributed by atoms with E-state index in [1.807, 2.05) is 18.5 Å². The minimum Gasteiger partial charge on any atom is -0.349 e. The van der Waals surface area contributed by atoms with Gasteiger partial charge in [-0.05, 0) is 49.1 Å². The van der Waals surface area contributed by atoms with Crippen LogP contribution in [0, 0.1) is 0 Å². The lowest BCUT2D eigenvalue weighted by Gasteiger charge is -2.13. The smallest absolute Gasteiger partial charge is 0.0485 e. The van der Waals surface area contributed by atoms with Crippen LogP contribution in [0.2, 0.25) is 0 Å². The van der Waals surface area contributed by atoms with Gasteiger partial charge in [0.05, 0.1) is 0 Å². The van der Waals surface area contributed by atoms with Crippen molar-refractivity contribution in [3.63, 3.8) is 0 Å². The average molecular weight is 255 g/mol. The van der Waals surface area contributed by atoms with Crippen molar-refractivity contribution in [3.8, 4) is 0 Å². The molecule has 19 heavy (non-hydrogen) atoms. The molecule has 1 N–H and O–H groups in total. The molecule has 0 saturated heterocycles. The maximum Gasteiger partial charge on any atom is 0.0485 e. The molecule has 2 heterocycles. The van der Waals surface area contributed by atoms with Gasteiger partial charge in [-0.15, -0.1) is 0 Å². The number of aryl methyl sites for hydroxylation is 1. The fraction of sp³-hybridized carbons (Fsp3) is 0.438. The van der Waals surface area contributed by atoms with Gasteiger partial charge in [0.1, 0.15) is 0 Å². The van der Waals surface area contributed by atoms with Crippen LogP contribution >= 0.6 is 0 Å². The van der Waals surface area contributed by atoms with Crippen LogP contribution in [0.5, 0.6) is 0 Å². The quantitative estimate of drug-likeness (QED) is 0.855. The van der Waals surface area contributed by atoms with Gasteiger partial charge in [0.25, 0.3) is 0 Å². The molecular weight excluding hydrogens is 234 g/mol. The normalized spacial score (nSPS) is 18.9. The van der Waals surface area contributed by atoms with Gasteiger partial charge < -0.3 is 9.88 Å². The van der Waals surface area contributed by atoms with Crippen molar-refractivity contribution in [2.75, 3.05) is 7.05 Å². The third-order valence-electron chi connectivity index (χ3n) is 4.00. The number of rotatable bonds is 3. The maximum atomic E-state index is 4.18. The summed E-state index contributed by atoms with van der Waals surface area (Å²) in [6, 6.07) is 4.65. The van der Waals surface area contributed by atoms with Gasteiger partial charge >= 0.3 is 0 Å². The van der Waals surface area contributed by atoms with Crippen molar-refractivity contribution in [1.29, 1.82) is 0 Å². The first kappa shape index (κ1) is 12.4. The lowest BCUT2D eigenvalue weighted by molar-refractivity contribution is 0.531. The zero-order valence-corrected chi connectivity index (χ0v) is 11.5. The first-order valence-electron chi connectivity index (χ1n) is 7.11. The molecule has 0 fully saturated rings. The number of pyridine rings is 1. The highest BCUT2D eigenvalue weighted by Crippen LogP contribution is 2.29. The summed E-state index contributed by atoms with van der Waals surface area (Å²) in [5.74, 6) is 0. The monoisotopic (exact) mass is 255 g/mol. The Balaban J connectivity index is 1.85. The van der Waals surface area contributed by atoms with Crippen molar-refractivity contribution in [2.24, 2.45) is 0 Å². The van der Waals surface area contributed by atoms with Gasteiger partial charge in [-0.25, -0.2) is 0 Å². The lowest BCUT2D eigenvalue weighted by atomic mass is 10.1. The summed E-state index contributed by atoms with van der Waals surface area (Å²) in [7, 11) is 2.07. The fourth-order valence-electron chi connectivity index (χ4n) is 3.01. The van der Waals surface area contributed by atoms with Crippen molar-refractivity contribution < 1.29 is 0 Å². The molecule has 3 heteroatoms. The number of fused-ring (bicyclic) bond motifs is 1. The molecule has 0 radical (unpaired) electrons. The molecule has 1 aliphatic rings. The molecule has 3 rings (SSSR count). The van der Waals surface area contributed by atoms with Crippen LogP contribution < -0.4 is 5.32 Å². The van der Waals surface area contributed by atoms with E-state index in [1.165, 1.54) is 42.4 Å². The van der Waals surface area contributed by atoms with Gasteiger partial charge in [0.15, 0.2) is 0 Å². The second-order valence-corrected chi connectivity index (χ2v) is 5.36. The topological polar surface area (TPSA) is 29.9 Å². The second kappa shape index (κ2) is 5.57. The Bertz CT molecular complexity index is 530. The highest BCUT2D eigenvalue weighted by Gasteiger charge is 2.19. The van der Waals surface area contributed by atoms with E-state index >= 15 is 0 Å². The molecule has 2 aromatic rings.